The normalized spacial score (nSPS) is 24.6. The molecule has 0 amide bonds. The predicted molar refractivity (Wildman–Crippen MR) is 76.6 cm³/mol. The van der Waals surface area contributed by atoms with Crippen LogP contribution in [0.15, 0.2) is 18.2 Å². The zero-order valence-corrected chi connectivity index (χ0v) is 11.9. The molecule has 0 aromatic heterocycles. The minimum atomic E-state index is -0.341. The topological polar surface area (TPSA) is 47.6 Å². The molecule has 4 nitrogen and oxygen atoms in total. The Morgan fingerprint density at radius 1 is 1.45 bits per heavy atom. The molecular formula is C16H21NO3. The van der Waals surface area contributed by atoms with Crippen LogP contribution in [-0.4, -0.2) is 31.1 Å². The van der Waals surface area contributed by atoms with E-state index in [0.29, 0.717) is 24.3 Å². The molecule has 0 bridgehead atoms. The number of hydrogen-bond donors (Lipinski definition) is 1. The second kappa shape index (κ2) is 5.44. The van der Waals surface area contributed by atoms with Crippen LogP contribution in [0.4, 0.5) is 0 Å². The fraction of sp³-hybridized carbons (Fsp3) is 0.562. The lowest BCUT2D eigenvalue weighted by atomic mass is 9.89. The molecule has 4 heteroatoms. The van der Waals surface area contributed by atoms with E-state index in [1.807, 2.05) is 18.2 Å². The van der Waals surface area contributed by atoms with Crippen molar-refractivity contribution in [1.29, 1.82) is 0 Å². The summed E-state index contributed by atoms with van der Waals surface area (Å²) in [6, 6.07) is 5.55. The fourth-order valence-electron chi connectivity index (χ4n) is 2.86. The van der Waals surface area contributed by atoms with Gasteiger partial charge in [-0.05, 0) is 25.1 Å². The molecule has 108 valence electrons. The van der Waals surface area contributed by atoms with Crippen molar-refractivity contribution in [3.05, 3.63) is 23.8 Å². The van der Waals surface area contributed by atoms with Gasteiger partial charge < -0.3 is 14.8 Å². The highest BCUT2D eigenvalue weighted by atomic mass is 16.5. The van der Waals surface area contributed by atoms with Gasteiger partial charge in [-0.25, -0.2) is 0 Å². The lowest BCUT2D eigenvalue weighted by molar-refractivity contribution is 0.0526. The quantitative estimate of drug-likeness (QED) is 0.858. The van der Waals surface area contributed by atoms with Crippen molar-refractivity contribution < 1.29 is 14.3 Å². The average molecular weight is 275 g/mol. The monoisotopic (exact) mass is 275 g/mol. The van der Waals surface area contributed by atoms with Gasteiger partial charge in [-0.3, -0.25) is 4.79 Å². The molecule has 1 spiro atoms. The van der Waals surface area contributed by atoms with Gasteiger partial charge in [0.05, 0.1) is 18.6 Å². The number of benzene rings is 1. The number of ether oxygens (including phenoxy) is 2. The molecular weight excluding hydrogens is 254 g/mol. The average Bonchev–Trinajstić information content (AvgIpc) is 2.86. The summed E-state index contributed by atoms with van der Waals surface area (Å²) >= 11 is 0. The molecule has 1 N–H and O–H groups in total. The summed E-state index contributed by atoms with van der Waals surface area (Å²) in [5, 5.41) is 3.28. The van der Waals surface area contributed by atoms with Crippen LogP contribution >= 0.6 is 0 Å². The minimum absolute atomic E-state index is 0.176. The van der Waals surface area contributed by atoms with Gasteiger partial charge in [0.1, 0.15) is 17.1 Å². The third-order valence-corrected chi connectivity index (χ3v) is 4.03. The largest absolute Gasteiger partial charge is 0.493 e. The second-order valence-electron chi connectivity index (χ2n) is 5.67. The Hall–Kier alpha value is -1.55. The number of fused-ring (bicyclic) bond motifs is 1. The van der Waals surface area contributed by atoms with Gasteiger partial charge >= 0.3 is 0 Å². The highest BCUT2D eigenvalue weighted by molar-refractivity contribution is 6.00. The van der Waals surface area contributed by atoms with Crippen LogP contribution in [0.3, 0.4) is 0 Å². The highest BCUT2D eigenvalue weighted by Gasteiger charge is 2.42. The molecule has 1 saturated heterocycles. The Kier molecular flexibility index (Phi) is 3.66. The van der Waals surface area contributed by atoms with Gasteiger partial charge in [-0.15, -0.1) is 0 Å². The summed E-state index contributed by atoms with van der Waals surface area (Å²) in [7, 11) is 0. The first-order chi connectivity index (χ1) is 9.72. The molecule has 1 atom stereocenters. The van der Waals surface area contributed by atoms with Crippen molar-refractivity contribution >= 4 is 5.78 Å². The molecule has 0 radical (unpaired) electrons. The second-order valence-corrected chi connectivity index (χ2v) is 5.67. The number of nitrogens with one attached hydrogen (secondary N) is 1. The summed E-state index contributed by atoms with van der Waals surface area (Å²) < 4.78 is 11.8. The molecule has 1 unspecified atom stereocenters. The summed E-state index contributed by atoms with van der Waals surface area (Å²) in [5.74, 6) is 1.64. The van der Waals surface area contributed by atoms with E-state index in [1.54, 1.807) is 0 Å². The van der Waals surface area contributed by atoms with Crippen molar-refractivity contribution in [3.63, 3.8) is 0 Å². The molecule has 20 heavy (non-hydrogen) atoms. The number of rotatable bonds is 4. The zero-order chi connectivity index (χ0) is 14.0. The Labute approximate surface area is 119 Å². The summed E-state index contributed by atoms with van der Waals surface area (Å²) in [6.07, 6.45) is 3.50. The number of ketones is 1. The van der Waals surface area contributed by atoms with Crippen LogP contribution in [0.1, 0.15) is 43.0 Å². The molecule has 1 aromatic rings. The van der Waals surface area contributed by atoms with Crippen molar-refractivity contribution in [1.82, 2.24) is 5.32 Å². The Balaban J connectivity index is 1.80. The molecule has 1 fully saturated rings. The Bertz CT molecular complexity index is 506. The van der Waals surface area contributed by atoms with Crippen LogP contribution in [0.5, 0.6) is 11.5 Å². The van der Waals surface area contributed by atoms with Gasteiger partial charge in [-0.2, -0.15) is 0 Å². The van der Waals surface area contributed by atoms with Crippen LogP contribution in [0.2, 0.25) is 0 Å². The van der Waals surface area contributed by atoms with Gasteiger partial charge in [0.25, 0.3) is 0 Å². The van der Waals surface area contributed by atoms with E-state index in [2.05, 4.69) is 12.2 Å². The van der Waals surface area contributed by atoms with E-state index in [4.69, 9.17) is 9.47 Å². The van der Waals surface area contributed by atoms with Crippen LogP contribution in [0, 0.1) is 0 Å². The van der Waals surface area contributed by atoms with Crippen molar-refractivity contribution in [2.45, 2.75) is 38.2 Å². The van der Waals surface area contributed by atoms with Crippen molar-refractivity contribution in [2.75, 3.05) is 19.7 Å². The maximum absolute atomic E-state index is 12.3. The Morgan fingerprint density at radius 2 is 2.35 bits per heavy atom. The number of carbonyl (C=O) groups excluding carboxylic acids is 1. The molecule has 0 saturated carbocycles. The van der Waals surface area contributed by atoms with Crippen molar-refractivity contribution in [2.24, 2.45) is 0 Å². The van der Waals surface area contributed by atoms with Crippen LogP contribution in [-0.2, 0) is 0 Å². The van der Waals surface area contributed by atoms with Gasteiger partial charge in [0, 0.05) is 19.0 Å². The van der Waals surface area contributed by atoms with E-state index < -0.39 is 0 Å². The van der Waals surface area contributed by atoms with Gasteiger partial charge in [0.15, 0.2) is 5.78 Å². The predicted octanol–water partition coefficient (Wildman–Crippen LogP) is 2.56. The van der Waals surface area contributed by atoms with Crippen LogP contribution < -0.4 is 14.8 Å². The number of unbranched alkanes of at least 4 members (excludes halogenated alkanes) is 1. The molecule has 0 aliphatic carbocycles. The third kappa shape index (κ3) is 2.52. The summed E-state index contributed by atoms with van der Waals surface area (Å²) in [4.78, 5) is 12.3. The maximum Gasteiger partial charge on any atom is 0.170 e. The number of hydrogen-bond acceptors (Lipinski definition) is 4. The van der Waals surface area contributed by atoms with Gasteiger partial charge in [-0.1, -0.05) is 13.3 Å². The number of Topliss-reactive ketones (excluding diaryl/α,β-unsaturated/α-hetero) is 1. The van der Waals surface area contributed by atoms with E-state index in [0.717, 1.165) is 38.1 Å². The first kappa shape index (κ1) is 13.4. The minimum Gasteiger partial charge on any atom is -0.493 e. The van der Waals surface area contributed by atoms with E-state index in [9.17, 15) is 4.79 Å². The van der Waals surface area contributed by atoms with Gasteiger partial charge in [0.2, 0.25) is 0 Å². The standard InChI is InChI=1S/C16H21NO3/c1-2-3-8-19-12-4-5-13-14(18)10-16(6-7-17-11-16)20-15(13)9-12/h4-5,9,17H,2-3,6-8,10-11H2,1H3. The maximum atomic E-state index is 12.3. The molecule has 2 aliphatic rings. The molecule has 1 aromatic carbocycles. The highest BCUT2D eigenvalue weighted by Crippen LogP contribution is 2.38. The van der Waals surface area contributed by atoms with Crippen molar-refractivity contribution in [3.8, 4) is 11.5 Å². The first-order valence-electron chi connectivity index (χ1n) is 7.42. The summed E-state index contributed by atoms with van der Waals surface area (Å²) in [5.41, 5.74) is 0.344. The molecule has 2 heterocycles. The van der Waals surface area contributed by atoms with E-state index in [1.165, 1.54) is 0 Å². The summed E-state index contributed by atoms with van der Waals surface area (Å²) in [6.45, 7) is 4.50. The Morgan fingerprint density at radius 3 is 3.10 bits per heavy atom. The van der Waals surface area contributed by atoms with E-state index in [-0.39, 0.29) is 11.4 Å². The molecule has 2 aliphatic heterocycles. The van der Waals surface area contributed by atoms with E-state index >= 15 is 0 Å². The zero-order valence-electron chi connectivity index (χ0n) is 11.9. The molecule has 3 rings (SSSR count). The lowest BCUT2D eigenvalue weighted by Gasteiger charge is -2.34. The first-order valence-corrected chi connectivity index (χ1v) is 7.42. The van der Waals surface area contributed by atoms with Crippen LogP contribution in [0.25, 0.3) is 0 Å². The SMILES string of the molecule is CCCCOc1ccc2c(c1)OC1(CCNC1)CC2=O. The fourth-order valence-corrected chi connectivity index (χ4v) is 2.86. The lowest BCUT2D eigenvalue weighted by Crippen LogP contribution is -2.43. The number of carbonyl (C=O) groups is 1. The smallest absolute Gasteiger partial charge is 0.170 e. The third-order valence-electron chi connectivity index (χ3n) is 4.03.